The second kappa shape index (κ2) is 5.53. The number of hydrogen-bond acceptors (Lipinski definition) is 3. The number of nitrogens with zero attached hydrogens (tertiary/aromatic N) is 1. The Kier molecular flexibility index (Phi) is 4.00. The van der Waals surface area contributed by atoms with Crippen molar-refractivity contribution >= 4 is 23.1 Å². The topological polar surface area (TPSA) is 55.4 Å². The third kappa shape index (κ3) is 2.68. The molecule has 1 aromatic carbocycles. The number of rotatable bonds is 2. The molecular formula is C14H14ClFN2O. The van der Waals surface area contributed by atoms with Gasteiger partial charge in [0.05, 0.1) is 16.3 Å². The van der Waals surface area contributed by atoms with Crippen molar-refractivity contribution in [2.24, 2.45) is 10.7 Å². The number of allylic oxidation sites excluding steroid dienone is 2. The Bertz CT molecular complexity index is 593. The Balaban J connectivity index is 2.55. The van der Waals surface area contributed by atoms with Crippen LogP contribution in [0.15, 0.2) is 34.5 Å². The van der Waals surface area contributed by atoms with E-state index in [4.69, 9.17) is 17.3 Å². The molecule has 0 saturated carbocycles. The molecule has 100 valence electrons. The predicted octanol–water partition coefficient (Wildman–Crippen LogP) is 2.86. The summed E-state index contributed by atoms with van der Waals surface area (Å²) in [6, 6.07) is 4.00. The molecule has 0 atom stereocenters. The molecule has 0 radical (unpaired) electrons. The minimum atomic E-state index is -0.430. The lowest BCUT2D eigenvalue weighted by atomic mass is 9.89. The van der Waals surface area contributed by atoms with Gasteiger partial charge in [0.15, 0.2) is 5.78 Å². The smallest absolute Gasteiger partial charge is 0.166 e. The van der Waals surface area contributed by atoms with Crippen molar-refractivity contribution in [2.45, 2.75) is 19.3 Å². The summed E-state index contributed by atoms with van der Waals surface area (Å²) in [5.74, 6) is -0.467. The summed E-state index contributed by atoms with van der Waals surface area (Å²) in [7, 11) is 1.57. The van der Waals surface area contributed by atoms with Crippen LogP contribution in [-0.2, 0) is 4.79 Å². The van der Waals surface area contributed by atoms with Gasteiger partial charge in [-0.3, -0.25) is 9.79 Å². The van der Waals surface area contributed by atoms with Gasteiger partial charge in [0, 0.05) is 24.7 Å². The first-order chi connectivity index (χ1) is 9.04. The van der Waals surface area contributed by atoms with Crippen LogP contribution < -0.4 is 5.73 Å². The van der Waals surface area contributed by atoms with Gasteiger partial charge < -0.3 is 5.73 Å². The van der Waals surface area contributed by atoms with Gasteiger partial charge in [-0.25, -0.2) is 4.39 Å². The third-order valence-corrected chi connectivity index (χ3v) is 3.41. The van der Waals surface area contributed by atoms with Gasteiger partial charge in [0.1, 0.15) is 5.82 Å². The minimum absolute atomic E-state index is 0.0373. The van der Waals surface area contributed by atoms with Crippen LogP contribution in [0.5, 0.6) is 0 Å². The number of ketones is 1. The van der Waals surface area contributed by atoms with Gasteiger partial charge in [-0.05, 0) is 31.0 Å². The minimum Gasteiger partial charge on any atom is -0.401 e. The van der Waals surface area contributed by atoms with E-state index in [1.165, 1.54) is 18.2 Å². The maximum atomic E-state index is 13.1. The summed E-state index contributed by atoms with van der Waals surface area (Å²) in [5, 5.41) is 0.222. The number of hydrogen-bond donors (Lipinski definition) is 1. The van der Waals surface area contributed by atoms with Crippen LogP contribution in [0.3, 0.4) is 0 Å². The first-order valence-electron chi connectivity index (χ1n) is 5.99. The van der Waals surface area contributed by atoms with Crippen LogP contribution in [0, 0.1) is 5.82 Å². The molecule has 0 spiro atoms. The maximum Gasteiger partial charge on any atom is 0.166 e. The number of nitrogens with two attached hydrogens (primary N) is 1. The lowest BCUT2D eigenvalue weighted by Crippen LogP contribution is -2.23. The third-order valence-electron chi connectivity index (χ3n) is 3.10. The molecule has 0 heterocycles. The highest BCUT2D eigenvalue weighted by molar-refractivity contribution is 6.38. The summed E-state index contributed by atoms with van der Waals surface area (Å²) in [6.45, 7) is 0. The molecule has 1 aliphatic carbocycles. The molecule has 0 bridgehead atoms. The number of benzene rings is 1. The Morgan fingerprint density at radius 3 is 2.74 bits per heavy atom. The summed E-state index contributed by atoms with van der Waals surface area (Å²) >= 11 is 6.02. The normalized spacial score (nSPS) is 17.0. The summed E-state index contributed by atoms with van der Waals surface area (Å²) in [6.07, 6.45) is 1.87. The van der Waals surface area contributed by atoms with E-state index < -0.39 is 5.82 Å². The van der Waals surface area contributed by atoms with Crippen molar-refractivity contribution in [1.82, 2.24) is 0 Å². The molecule has 0 fully saturated rings. The Hall–Kier alpha value is -1.68. The van der Waals surface area contributed by atoms with Crippen LogP contribution in [0.1, 0.15) is 24.8 Å². The van der Waals surface area contributed by atoms with Gasteiger partial charge in [-0.2, -0.15) is 0 Å². The van der Waals surface area contributed by atoms with E-state index in [2.05, 4.69) is 4.99 Å². The molecule has 3 nitrogen and oxygen atoms in total. The quantitative estimate of drug-likeness (QED) is 0.847. The van der Waals surface area contributed by atoms with E-state index in [1.54, 1.807) is 7.05 Å². The highest BCUT2D eigenvalue weighted by atomic mass is 35.5. The summed E-state index contributed by atoms with van der Waals surface area (Å²) < 4.78 is 13.1. The number of carbonyl (C=O) groups is 1. The first-order valence-corrected chi connectivity index (χ1v) is 6.36. The predicted molar refractivity (Wildman–Crippen MR) is 73.9 cm³/mol. The van der Waals surface area contributed by atoms with Crippen molar-refractivity contribution < 1.29 is 9.18 Å². The fourth-order valence-electron chi connectivity index (χ4n) is 2.20. The second-order valence-electron chi connectivity index (χ2n) is 4.37. The molecule has 0 unspecified atom stereocenters. The molecule has 1 aromatic rings. The average Bonchev–Trinajstić information content (AvgIpc) is 2.35. The highest BCUT2D eigenvalue weighted by Gasteiger charge is 2.25. The highest BCUT2D eigenvalue weighted by Crippen LogP contribution is 2.26. The van der Waals surface area contributed by atoms with Gasteiger partial charge in [-0.1, -0.05) is 11.6 Å². The zero-order valence-electron chi connectivity index (χ0n) is 10.5. The molecule has 5 heteroatoms. The van der Waals surface area contributed by atoms with Crippen molar-refractivity contribution in [3.8, 4) is 0 Å². The van der Waals surface area contributed by atoms with Crippen molar-refractivity contribution in [3.05, 3.63) is 45.9 Å². The Morgan fingerprint density at radius 2 is 2.16 bits per heavy atom. The van der Waals surface area contributed by atoms with E-state index in [0.717, 1.165) is 6.42 Å². The van der Waals surface area contributed by atoms with Crippen LogP contribution in [-0.4, -0.2) is 18.5 Å². The number of aliphatic imine (C=N–C) groups is 1. The van der Waals surface area contributed by atoms with Gasteiger partial charge in [-0.15, -0.1) is 0 Å². The van der Waals surface area contributed by atoms with Crippen molar-refractivity contribution in [2.75, 3.05) is 7.05 Å². The van der Waals surface area contributed by atoms with Gasteiger partial charge >= 0.3 is 0 Å². The van der Waals surface area contributed by atoms with Crippen molar-refractivity contribution in [3.63, 3.8) is 0 Å². The molecular weight excluding hydrogens is 267 g/mol. The molecule has 0 aromatic heterocycles. The van der Waals surface area contributed by atoms with E-state index in [-0.39, 0.29) is 10.8 Å². The van der Waals surface area contributed by atoms with Gasteiger partial charge in [0.25, 0.3) is 0 Å². The van der Waals surface area contributed by atoms with E-state index >= 15 is 0 Å². The van der Waals surface area contributed by atoms with E-state index in [1.807, 2.05) is 0 Å². The van der Waals surface area contributed by atoms with Crippen LogP contribution >= 0.6 is 11.6 Å². The largest absolute Gasteiger partial charge is 0.401 e. The van der Waals surface area contributed by atoms with Gasteiger partial charge in [0.2, 0.25) is 0 Å². The monoisotopic (exact) mass is 280 g/mol. The second-order valence-corrected chi connectivity index (χ2v) is 4.78. The SMILES string of the molecule is CN=C(C1=C(N)CCCC1=O)c1ccc(F)cc1Cl. The zero-order chi connectivity index (χ0) is 14.0. The molecule has 1 aliphatic rings. The molecule has 19 heavy (non-hydrogen) atoms. The molecule has 2 N–H and O–H groups in total. The molecule has 2 rings (SSSR count). The Morgan fingerprint density at radius 1 is 1.42 bits per heavy atom. The number of Topliss-reactive ketones (excluding diaryl/α,β-unsaturated/α-hetero) is 1. The average molecular weight is 281 g/mol. The number of carbonyl (C=O) groups excluding carboxylic acids is 1. The maximum absolute atomic E-state index is 13.1. The first kappa shape index (κ1) is 13.7. The summed E-state index contributed by atoms with van der Waals surface area (Å²) in [5.41, 5.74) is 7.83. The zero-order valence-corrected chi connectivity index (χ0v) is 11.3. The molecule has 0 saturated heterocycles. The molecule has 0 aliphatic heterocycles. The fourth-order valence-corrected chi connectivity index (χ4v) is 2.46. The lowest BCUT2D eigenvalue weighted by molar-refractivity contribution is -0.115. The standard InChI is InChI=1S/C14H14ClFN2O/c1-18-14(9-6-5-8(16)7-10(9)15)13-11(17)3-2-4-12(13)19/h5-7H,2-4,17H2,1H3. The van der Waals surface area contributed by atoms with Crippen LogP contribution in [0.4, 0.5) is 4.39 Å². The van der Waals surface area contributed by atoms with Crippen LogP contribution in [0.2, 0.25) is 5.02 Å². The Labute approximate surface area is 116 Å². The lowest BCUT2D eigenvalue weighted by Gasteiger charge is -2.18. The molecule has 0 amide bonds. The number of halogens is 2. The van der Waals surface area contributed by atoms with Crippen LogP contribution in [0.25, 0.3) is 0 Å². The van der Waals surface area contributed by atoms with E-state index in [0.29, 0.717) is 35.4 Å². The van der Waals surface area contributed by atoms with Crippen molar-refractivity contribution in [1.29, 1.82) is 0 Å². The summed E-state index contributed by atoms with van der Waals surface area (Å²) in [4.78, 5) is 16.1. The van der Waals surface area contributed by atoms with E-state index in [9.17, 15) is 9.18 Å². The fraction of sp³-hybridized carbons (Fsp3) is 0.286.